The highest BCUT2D eigenvalue weighted by Crippen LogP contribution is 2.63. The van der Waals surface area contributed by atoms with E-state index in [1.54, 1.807) is 5.38 Å². The largest absolute Gasteiger partial charge is 0.351 e. The van der Waals surface area contributed by atoms with Gasteiger partial charge in [-0.3, -0.25) is 14.9 Å². The van der Waals surface area contributed by atoms with Crippen LogP contribution >= 0.6 is 22.9 Å². The summed E-state index contributed by atoms with van der Waals surface area (Å²) in [7, 11) is 0. The lowest BCUT2D eigenvalue weighted by molar-refractivity contribution is -0.380. The number of nitrogens with zero attached hydrogens (tertiary/aromatic N) is 1. The third-order valence-electron chi connectivity index (χ3n) is 5.76. The van der Waals surface area contributed by atoms with Gasteiger partial charge in [0.05, 0.1) is 10.5 Å². The predicted octanol–water partition coefficient (Wildman–Crippen LogP) is 3.96. The maximum absolute atomic E-state index is 12.3. The Morgan fingerprint density at radius 3 is 2.65 bits per heavy atom. The molecule has 0 aromatic carbocycles. The molecule has 1 N–H and O–H groups in total. The van der Waals surface area contributed by atoms with Crippen molar-refractivity contribution in [1.29, 1.82) is 0 Å². The molecule has 0 spiro atoms. The Kier molecular flexibility index (Phi) is 3.47. The summed E-state index contributed by atoms with van der Waals surface area (Å²) in [6, 6.07) is 1.35. The van der Waals surface area contributed by atoms with E-state index in [1.807, 2.05) is 0 Å². The lowest BCUT2D eigenvalue weighted by Crippen LogP contribution is -2.56. The zero-order valence-corrected chi connectivity index (χ0v) is 14.3. The Labute approximate surface area is 143 Å². The highest BCUT2D eigenvalue weighted by Gasteiger charge is 2.56. The minimum Gasteiger partial charge on any atom is -0.351 e. The number of carbonyl (C=O) groups is 1. The molecule has 4 saturated carbocycles. The fraction of sp³-hybridized carbons (Fsp3) is 0.688. The number of rotatable bonds is 4. The molecule has 5 nitrogen and oxygen atoms in total. The van der Waals surface area contributed by atoms with Crippen LogP contribution in [0, 0.1) is 27.4 Å². The van der Waals surface area contributed by atoms with Crippen LogP contribution < -0.4 is 5.32 Å². The van der Waals surface area contributed by atoms with E-state index in [4.69, 9.17) is 11.6 Å². The SMILES string of the molecule is O=C(NCC12CC3CC(CC(Cl)(C3)C1)C2)c1csc([N+](=O)[O-])c1. The van der Waals surface area contributed by atoms with Crippen molar-refractivity contribution in [2.45, 2.75) is 43.4 Å². The van der Waals surface area contributed by atoms with E-state index in [0.29, 0.717) is 23.9 Å². The molecule has 2 atom stereocenters. The summed E-state index contributed by atoms with van der Waals surface area (Å²) < 4.78 is 0. The van der Waals surface area contributed by atoms with Gasteiger partial charge in [-0.25, -0.2) is 0 Å². The predicted molar refractivity (Wildman–Crippen MR) is 89.0 cm³/mol. The molecule has 2 unspecified atom stereocenters. The van der Waals surface area contributed by atoms with Crippen molar-refractivity contribution in [2.24, 2.45) is 17.3 Å². The molecular formula is C16H19ClN2O3S. The van der Waals surface area contributed by atoms with Gasteiger partial charge in [0.2, 0.25) is 0 Å². The van der Waals surface area contributed by atoms with Crippen LogP contribution in [0.2, 0.25) is 0 Å². The molecule has 1 amide bonds. The summed E-state index contributed by atoms with van der Waals surface area (Å²) >= 11 is 7.79. The van der Waals surface area contributed by atoms with E-state index in [2.05, 4.69) is 5.32 Å². The summed E-state index contributed by atoms with van der Waals surface area (Å²) in [5, 5.41) is 15.3. The summed E-state index contributed by atoms with van der Waals surface area (Å²) in [6.45, 7) is 0.636. The van der Waals surface area contributed by atoms with E-state index in [0.717, 1.165) is 43.4 Å². The number of hydrogen-bond acceptors (Lipinski definition) is 4. The van der Waals surface area contributed by atoms with Gasteiger partial charge in [0.15, 0.2) is 0 Å². The number of carbonyl (C=O) groups excluding carboxylic acids is 1. The lowest BCUT2D eigenvalue weighted by Gasteiger charge is -2.60. The van der Waals surface area contributed by atoms with Crippen molar-refractivity contribution in [1.82, 2.24) is 5.32 Å². The van der Waals surface area contributed by atoms with Gasteiger partial charge in [-0.05, 0) is 55.8 Å². The molecule has 4 aliphatic carbocycles. The minimum absolute atomic E-state index is 0.00432. The van der Waals surface area contributed by atoms with Crippen LogP contribution in [0.15, 0.2) is 11.4 Å². The van der Waals surface area contributed by atoms with Crippen molar-refractivity contribution >= 4 is 33.8 Å². The molecule has 4 aliphatic rings. The van der Waals surface area contributed by atoms with Gasteiger partial charge in [-0.15, -0.1) is 11.6 Å². The Morgan fingerprint density at radius 1 is 1.39 bits per heavy atom. The van der Waals surface area contributed by atoms with E-state index < -0.39 is 4.92 Å². The van der Waals surface area contributed by atoms with Gasteiger partial charge in [0, 0.05) is 22.9 Å². The van der Waals surface area contributed by atoms with E-state index in [-0.39, 0.29) is 21.2 Å². The van der Waals surface area contributed by atoms with Crippen LogP contribution in [-0.4, -0.2) is 22.2 Å². The molecule has 4 bridgehead atoms. The average molecular weight is 355 g/mol. The molecule has 1 aromatic rings. The molecule has 1 heterocycles. The smallest absolute Gasteiger partial charge is 0.324 e. The molecule has 1 aromatic heterocycles. The zero-order chi connectivity index (χ0) is 16.2. The first-order chi connectivity index (χ1) is 10.9. The third kappa shape index (κ3) is 2.76. The van der Waals surface area contributed by atoms with Crippen molar-refractivity contribution < 1.29 is 9.72 Å². The lowest BCUT2D eigenvalue weighted by atomic mass is 9.49. The Bertz CT molecular complexity index is 660. The van der Waals surface area contributed by atoms with Crippen molar-refractivity contribution in [3.63, 3.8) is 0 Å². The number of nitrogens with one attached hydrogen (secondary N) is 1. The first-order valence-corrected chi connectivity index (χ1v) is 9.32. The monoisotopic (exact) mass is 354 g/mol. The van der Waals surface area contributed by atoms with Crippen LogP contribution in [0.1, 0.15) is 48.9 Å². The fourth-order valence-electron chi connectivity index (χ4n) is 5.45. The second kappa shape index (κ2) is 5.18. The van der Waals surface area contributed by atoms with Gasteiger partial charge in [0.1, 0.15) is 0 Å². The summed E-state index contributed by atoms with van der Waals surface area (Å²) in [5.41, 5.74) is 0.510. The normalized spacial score (nSPS) is 37.8. The maximum Gasteiger partial charge on any atom is 0.324 e. The minimum atomic E-state index is -0.461. The highest BCUT2D eigenvalue weighted by molar-refractivity contribution is 7.13. The topological polar surface area (TPSA) is 72.2 Å². The molecule has 124 valence electrons. The third-order valence-corrected chi connectivity index (χ3v) is 7.08. The number of nitro groups is 1. The number of amides is 1. The van der Waals surface area contributed by atoms with Gasteiger partial charge >= 0.3 is 5.00 Å². The van der Waals surface area contributed by atoms with Gasteiger partial charge in [0.25, 0.3) is 5.91 Å². The van der Waals surface area contributed by atoms with Crippen LogP contribution in [-0.2, 0) is 0 Å². The molecule has 0 aliphatic heterocycles. The molecule has 4 fully saturated rings. The van der Waals surface area contributed by atoms with E-state index in [9.17, 15) is 14.9 Å². The molecule has 0 saturated heterocycles. The molecule has 0 radical (unpaired) electrons. The van der Waals surface area contributed by atoms with Gasteiger partial charge in [-0.1, -0.05) is 11.3 Å². The second-order valence-corrected chi connectivity index (χ2v) is 9.42. The van der Waals surface area contributed by atoms with Crippen molar-refractivity contribution in [2.75, 3.05) is 6.54 Å². The molecule has 5 rings (SSSR count). The molecule has 7 heteroatoms. The van der Waals surface area contributed by atoms with Crippen LogP contribution in [0.3, 0.4) is 0 Å². The summed E-state index contributed by atoms with van der Waals surface area (Å²) in [4.78, 5) is 22.5. The van der Waals surface area contributed by atoms with Crippen LogP contribution in [0.5, 0.6) is 0 Å². The van der Waals surface area contributed by atoms with Crippen LogP contribution in [0.25, 0.3) is 0 Å². The van der Waals surface area contributed by atoms with E-state index >= 15 is 0 Å². The number of thiophene rings is 1. The summed E-state index contributed by atoms with van der Waals surface area (Å²) in [6.07, 6.45) is 6.83. The first kappa shape index (κ1) is 15.4. The second-order valence-electron chi connectivity index (χ2n) is 7.73. The van der Waals surface area contributed by atoms with Gasteiger partial charge in [-0.2, -0.15) is 0 Å². The average Bonchev–Trinajstić information content (AvgIpc) is 2.92. The Balaban J connectivity index is 1.44. The molecule has 23 heavy (non-hydrogen) atoms. The number of halogens is 1. The molecular weight excluding hydrogens is 336 g/mol. The highest BCUT2D eigenvalue weighted by atomic mass is 35.5. The van der Waals surface area contributed by atoms with E-state index in [1.165, 1.54) is 12.5 Å². The number of alkyl halides is 1. The van der Waals surface area contributed by atoms with Crippen molar-refractivity contribution in [3.05, 3.63) is 27.1 Å². The standard InChI is InChI=1S/C16H19ClN2O3S/c17-16-5-10-1-11(6-16)4-15(3-10,8-16)9-18-14(20)12-2-13(19(21)22)23-7-12/h2,7,10-11H,1,3-6,8-9H2,(H,18,20). The van der Waals surface area contributed by atoms with Crippen molar-refractivity contribution in [3.8, 4) is 0 Å². The first-order valence-electron chi connectivity index (χ1n) is 8.07. The summed E-state index contributed by atoms with van der Waals surface area (Å²) in [5.74, 6) is 1.19. The quantitative estimate of drug-likeness (QED) is 0.505. The maximum atomic E-state index is 12.3. The van der Waals surface area contributed by atoms with Gasteiger partial charge < -0.3 is 5.32 Å². The number of hydrogen-bond donors (Lipinski definition) is 1. The van der Waals surface area contributed by atoms with Crippen LogP contribution in [0.4, 0.5) is 5.00 Å². The Morgan fingerprint density at radius 2 is 2.09 bits per heavy atom. The fourth-order valence-corrected chi connectivity index (χ4v) is 6.88. The Hall–Kier alpha value is -1.14. The zero-order valence-electron chi connectivity index (χ0n) is 12.7.